The molecule has 0 spiro atoms. The van der Waals surface area contributed by atoms with E-state index in [0.717, 1.165) is 23.3 Å². The van der Waals surface area contributed by atoms with Crippen LogP contribution in [0.1, 0.15) is 24.8 Å². The van der Waals surface area contributed by atoms with Crippen LogP contribution in [0.3, 0.4) is 0 Å². The molecule has 1 aromatic heterocycles. The van der Waals surface area contributed by atoms with Gasteiger partial charge in [-0.1, -0.05) is 30.3 Å². The highest BCUT2D eigenvalue weighted by molar-refractivity contribution is 7.16. The molecule has 2 bridgehead atoms. The SMILES string of the molecule is c1nc2cc(-c3ccc([C]4CC4C4CN5CCC4CC5)cc3)ccc2s1. The monoisotopic (exact) mass is 359 g/mol. The second-order valence-electron chi connectivity index (χ2n) is 8.25. The summed E-state index contributed by atoms with van der Waals surface area (Å²) in [4.78, 5) is 7.14. The first-order chi connectivity index (χ1) is 12.8. The summed E-state index contributed by atoms with van der Waals surface area (Å²) in [6, 6.07) is 15.9. The maximum absolute atomic E-state index is 4.45. The highest BCUT2D eigenvalue weighted by atomic mass is 32.1. The van der Waals surface area contributed by atoms with E-state index in [1.165, 1.54) is 60.3 Å². The van der Waals surface area contributed by atoms with Crippen molar-refractivity contribution in [2.75, 3.05) is 19.6 Å². The third-order valence-electron chi connectivity index (χ3n) is 6.87. The van der Waals surface area contributed by atoms with Crippen molar-refractivity contribution in [3.63, 3.8) is 0 Å². The summed E-state index contributed by atoms with van der Waals surface area (Å²) in [5.74, 6) is 4.50. The predicted molar refractivity (Wildman–Crippen MR) is 108 cm³/mol. The minimum absolute atomic E-state index is 0.861. The van der Waals surface area contributed by atoms with E-state index in [4.69, 9.17) is 0 Å². The van der Waals surface area contributed by atoms with Crippen LogP contribution in [-0.4, -0.2) is 29.5 Å². The fourth-order valence-electron chi connectivity index (χ4n) is 5.30. The molecule has 2 aromatic carbocycles. The number of piperidine rings is 3. The third kappa shape index (κ3) is 2.52. The second kappa shape index (κ2) is 5.90. The first-order valence-corrected chi connectivity index (χ1v) is 10.8. The zero-order chi connectivity index (χ0) is 17.1. The van der Waals surface area contributed by atoms with Gasteiger partial charge in [0, 0.05) is 12.5 Å². The fourth-order valence-corrected chi connectivity index (χ4v) is 5.96. The van der Waals surface area contributed by atoms with Crippen LogP contribution in [-0.2, 0) is 0 Å². The summed E-state index contributed by atoms with van der Waals surface area (Å²) < 4.78 is 1.26. The number of rotatable bonds is 3. The van der Waals surface area contributed by atoms with Crippen molar-refractivity contribution in [1.29, 1.82) is 0 Å². The quantitative estimate of drug-likeness (QED) is 0.635. The van der Waals surface area contributed by atoms with Crippen molar-refractivity contribution < 1.29 is 0 Å². The number of nitrogens with zero attached hydrogens (tertiary/aromatic N) is 2. The molecule has 131 valence electrons. The van der Waals surface area contributed by atoms with E-state index < -0.39 is 0 Å². The van der Waals surface area contributed by atoms with Crippen LogP contribution in [0.25, 0.3) is 21.3 Å². The molecule has 2 unspecified atom stereocenters. The molecule has 3 aromatic rings. The number of thiazole rings is 1. The first-order valence-electron chi connectivity index (χ1n) is 9.87. The van der Waals surface area contributed by atoms with Crippen LogP contribution in [0.4, 0.5) is 0 Å². The maximum Gasteiger partial charge on any atom is 0.0818 e. The Morgan fingerprint density at radius 2 is 1.69 bits per heavy atom. The Hall–Kier alpha value is -1.71. The molecule has 1 saturated carbocycles. The predicted octanol–water partition coefficient (Wildman–Crippen LogP) is 5.25. The van der Waals surface area contributed by atoms with Crippen LogP contribution >= 0.6 is 11.3 Å². The summed E-state index contributed by atoms with van der Waals surface area (Å²) in [6.07, 6.45) is 4.21. The van der Waals surface area contributed by atoms with Gasteiger partial charge in [0.2, 0.25) is 0 Å². The van der Waals surface area contributed by atoms with Crippen molar-refractivity contribution >= 4 is 21.6 Å². The smallest absolute Gasteiger partial charge is 0.0818 e. The molecule has 2 atom stereocenters. The minimum atomic E-state index is 0.861. The van der Waals surface area contributed by atoms with Gasteiger partial charge < -0.3 is 4.90 Å². The summed E-state index contributed by atoms with van der Waals surface area (Å²) >= 11 is 1.71. The molecular weight excluding hydrogens is 336 g/mol. The Morgan fingerprint density at radius 1 is 0.923 bits per heavy atom. The Balaban J connectivity index is 1.21. The number of aromatic nitrogens is 1. The maximum atomic E-state index is 4.45. The summed E-state index contributed by atoms with van der Waals surface area (Å²) in [5.41, 5.74) is 7.07. The molecule has 26 heavy (non-hydrogen) atoms. The Kier molecular flexibility index (Phi) is 3.48. The van der Waals surface area contributed by atoms with Gasteiger partial charge in [-0.05, 0) is 78.9 Å². The second-order valence-corrected chi connectivity index (χ2v) is 9.14. The van der Waals surface area contributed by atoms with Gasteiger partial charge in [-0.2, -0.15) is 0 Å². The number of hydrogen-bond acceptors (Lipinski definition) is 3. The molecule has 4 fully saturated rings. The highest BCUT2D eigenvalue weighted by Gasteiger charge is 2.49. The lowest BCUT2D eigenvalue weighted by Crippen LogP contribution is -2.48. The lowest BCUT2D eigenvalue weighted by molar-refractivity contribution is 0.0411. The molecule has 4 aliphatic rings. The Morgan fingerprint density at radius 3 is 2.46 bits per heavy atom. The molecule has 0 amide bonds. The molecule has 3 saturated heterocycles. The Bertz CT molecular complexity index is 936. The van der Waals surface area contributed by atoms with Crippen molar-refractivity contribution in [1.82, 2.24) is 9.88 Å². The van der Waals surface area contributed by atoms with Crippen molar-refractivity contribution in [3.8, 4) is 11.1 Å². The van der Waals surface area contributed by atoms with E-state index in [2.05, 4.69) is 52.3 Å². The lowest BCUT2D eigenvalue weighted by Gasteiger charge is -2.45. The summed E-state index contributed by atoms with van der Waals surface area (Å²) in [5, 5.41) is 0. The average Bonchev–Trinajstić information content (AvgIpc) is 3.38. The van der Waals surface area contributed by atoms with Crippen LogP contribution in [0, 0.1) is 23.7 Å². The van der Waals surface area contributed by atoms with Gasteiger partial charge in [0.15, 0.2) is 0 Å². The van der Waals surface area contributed by atoms with Gasteiger partial charge in [0.1, 0.15) is 0 Å². The van der Waals surface area contributed by atoms with Crippen molar-refractivity contribution in [2.45, 2.75) is 19.3 Å². The summed E-state index contributed by atoms with van der Waals surface area (Å²) in [7, 11) is 0. The number of hydrogen-bond donors (Lipinski definition) is 0. The van der Waals surface area contributed by atoms with Gasteiger partial charge in [0.25, 0.3) is 0 Å². The minimum Gasteiger partial charge on any atom is -0.303 e. The topological polar surface area (TPSA) is 16.1 Å². The van der Waals surface area contributed by atoms with E-state index in [-0.39, 0.29) is 0 Å². The fraction of sp³-hybridized carbons (Fsp3) is 0.391. The molecule has 4 heterocycles. The summed E-state index contributed by atoms with van der Waals surface area (Å²) in [6.45, 7) is 4.05. The molecule has 1 aliphatic carbocycles. The molecular formula is C23H23N2S. The molecule has 1 radical (unpaired) electrons. The van der Waals surface area contributed by atoms with Gasteiger partial charge in [-0.25, -0.2) is 4.98 Å². The average molecular weight is 360 g/mol. The zero-order valence-electron chi connectivity index (χ0n) is 14.9. The molecule has 3 heteroatoms. The molecule has 2 nitrogen and oxygen atoms in total. The molecule has 7 rings (SSSR count). The van der Waals surface area contributed by atoms with E-state index in [1.54, 1.807) is 17.3 Å². The third-order valence-corrected chi connectivity index (χ3v) is 7.68. The van der Waals surface area contributed by atoms with Gasteiger partial charge in [-0.15, -0.1) is 11.3 Å². The standard InChI is InChI=1S/C23H23N2S/c1-3-16(19-12-20(19)21-13-25-9-7-17(21)8-10-25)4-2-15(1)18-5-6-23-22(11-18)24-14-26-23/h1-6,11,14,17,20-21H,7-10,12-13H2. The number of fused-ring (bicyclic) bond motifs is 4. The molecule has 3 aliphatic heterocycles. The largest absolute Gasteiger partial charge is 0.303 e. The lowest BCUT2D eigenvalue weighted by atomic mass is 9.76. The highest BCUT2D eigenvalue weighted by Crippen LogP contribution is 2.55. The van der Waals surface area contributed by atoms with E-state index >= 15 is 0 Å². The van der Waals surface area contributed by atoms with Crippen LogP contribution in [0.2, 0.25) is 0 Å². The van der Waals surface area contributed by atoms with E-state index in [1.807, 2.05) is 5.51 Å². The number of benzene rings is 2. The normalized spacial score (nSPS) is 30.8. The van der Waals surface area contributed by atoms with Crippen molar-refractivity contribution in [2.24, 2.45) is 17.8 Å². The van der Waals surface area contributed by atoms with Gasteiger partial charge in [0.05, 0.1) is 15.7 Å². The Labute approximate surface area is 158 Å². The van der Waals surface area contributed by atoms with Gasteiger partial charge >= 0.3 is 0 Å². The van der Waals surface area contributed by atoms with Crippen molar-refractivity contribution in [3.05, 3.63) is 59.5 Å². The van der Waals surface area contributed by atoms with Gasteiger partial charge in [-0.3, -0.25) is 0 Å². The first kappa shape index (κ1) is 15.4. The van der Waals surface area contributed by atoms with Crippen LogP contribution < -0.4 is 0 Å². The zero-order valence-corrected chi connectivity index (χ0v) is 15.7. The molecule has 0 N–H and O–H groups in total. The van der Waals surface area contributed by atoms with E-state index in [9.17, 15) is 0 Å². The van der Waals surface area contributed by atoms with Crippen LogP contribution in [0.15, 0.2) is 48.0 Å². The van der Waals surface area contributed by atoms with Crippen LogP contribution in [0.5, 0.6) is 0 Å². The van der Waals surface area contributed by atoms with E-state index in [0.29, 0.717) is 0 Å².